The van der Waals surface area contributed by atoms with Crippen molar-refractivity contribution >= 4 is 28.3 Å². The molecule has 0 bridgehead atoms. The minimum absolute atomic E-state index is 0.110. The van der Waals surface area contributed by atoms with E-state index in [-0.39, 0.29) is 11.6 Å². The minimum atomic E-state index is -0.179. The van der Waals surface area contributed by atoms with Crippen LogP contribution in [0.1, 0.15) is 40.0 Å². The number of likely N-dealkylation sites (tertiary alicyclic amines) is 1. The first-order valence-corrected chi connectivity index (χ1v) is 9.24. The molecule has 1 fully saturated rings. The number of piperidine rings is 1. The van der Waals surface area contributed by atoms with E-state index in [1.54, 1.807) is 24.3 Å². The van der Waals surface area contributed by atoms with Gasteiger partial charge in [-0.3, -0.25) is 9.59 Å². The number of rotatable bonds is 2. The number of fused-ring (bicyclic) bond motifs is 2. The topological polar surface area (TPSA) is 68.1 Å². The van der Waals surface area contributed by atoms with Crippen LogP contribution < -0.4 is 0 Å². The summed E-state index contributed by atoms with van der Waals surface area (Å²) in [6, 6.07) is 14.5. The second-order valence-electron chi connectivity index (χ2n) is 6.94. The summed E-state index contributed by atoms with van der Waals surface area (Å²) < 4.78 is 1.54. The maximum Gasteiger partial charge on any atom is 0.214 e. The summed E-state index contributed by atoms with van der Waals surface area (Å²) in [5.74, 6) is -0.289. The molecule has 6 nitrogen and oxygen atoms in total. The quantitative estimate of drug-likeness (QED) is 0.704. The van der Waals surface area contributed by atoms with Crippen LogP contribution in [0.15, 0.2) is 54.2 Å². The molecule has 5 rings (SSSR count). The molecule has 0 saturated carbocycles. The third-order valence-corrected chi connectivity index (χ3v) is 5.31. The molecule has 134 valence electrons. The van der Waals surface area contributed by atoms with Gasteiger partial charge < -0.3 is 4.90 Å². The van der Waals surface area contributed by atoms with Gasteiger partial charge in [0.25, 0.3) is 0 Å². The molecule has 0 amide bonds. The predicted octanol–water partition coefficient (Wildman–Crippen LogP) is 3.17. The van der Waals surface area contributed by atoms with E-state index in [0.29, 0.717) is 28.0 Å². The maximum absolute atomic E-state index is 13.4. The van der Waals surface area contributed by atoms with E-state index in [0.717, 1.165) is 37.9 Å². The van der Waals surface area contributed by atoms with Crippen molar-refractivity contribution in [1.82, 2.24) is 19.9 Å². The molecule has 27 heavy (non-hydrogen) atoms. The molecule has 0 spiro atoms. The Morgan fingerprint density at radius 2 is 1.37 bits per heavy atom. The van der Waals surface area contributed by atoms with Gasteiger partial charge in [-0.05, 0) is 31.4 Å². The molecule has 1 aromatic heterocycles. The van der Waals surface area contributed by atoms with Crippen LogP contribution in [-0.4, -0.2) is 44.5 Å². The Morgan fingerprint density at radius 3 is 2.11 bits per heavy atom. The Bertz CT molecular complexity index is 1110. The molecule has 6 heteroatoms. The van der Waals surface area contributed by atoms with Crippen molar-refractivity contribution in [3.05, 3.63) is 65.4 Å². The lowest BCUT2D eigenvalue weighted by molar-refractivity contribution is 0.0947. The maximum atomic E-state index is 13.4. The number of ketones is 2. The van der Waals surface area contributed by atoms with Crippen LogP contribution >= 0.6 is 0 Å². The number of benzene rings is 2. The smallest absolute Gasteiger partial charge is 0.214 e. The van der Waals surface area contributed by atoms with Gasteiger partial charge in [0.1, 0.15) is 16.9 Å². The molecule has 3 aromatic rings. The van der Waals surface area contributed by atoms with Gasteiger partial charge in [0, 0.05) is 24.2 Å². The van der Waals surface area contributed by atoms with Crippen molar-refractivity contribution in [2.24, 2.45) is 0 Å². The molecule has 2 aromatic carbocycles. The number of Topliss-reactive ketones (excluding diaryl/α,β-unsaturated/α-hetero) is 2. The van der Waals surface area contributed by atoms with Crippen LogP contribution in [-0.2, 0) is 0 Å². The van der Waals surface area contributed by atoms with Gasteiger partial charge in [-0.15, -0.1) is 5.10 Å². The number of para-hydroxylation sites is 1. The lowest BCUT2D eigenvalue weighted by Crippen LogP contribution is -2.38. The van der Waals surface area contributed by atoms with Crippen molar-refractivity contribution in [2.45, 2.75) is 19.3 Å². The molecule has 0 N–H and O–H groups in total. The fourth-order valence-electron chi connectivity index (χ4n) is 3.99. The zero-order valence-corrected chi connectivity index (χ0v) is 14.8. The number of aromatic nitrogens is 3. The zero-order chi connectivity index (χ0) is 18.4. The van der Waals surface area contributed by atoms with Gasteiger partial charge in [0.05, 0.1) is 5.52 Å². The highest BCUT2D eigenvalue weighted by Crippen LogP contribution is 2.33. The standard InChI is InChI=1S/C21H18N4O2/c26-20-14-8-2-3-9-15(14)21(27)19(18(20)24-12-6-1-7-13-24)25-17-11-5-4-10-16(17)22-23-25/h2-5,8-11H,1,6-7,12-13H2. The second-order valence-corrected chi connectivity index (χ2v) is 6.94. The Labute approximate surface area is 156 Å². The fraction of sp³-hybridized carbons (Fsp3) is 0.238. The molecule has 0 atom stereocenters. The van der Waals surface area contributed by atoms with Crippen LogP contribution in [0.5, 0.6) is 0 Å². The summed E-state index contributed by atoms with van der Waals surface area (Å²) >= 11 is 0. The molecule has 1 aliphatic heterocycles. The van der Waals surface area contributed by atoms with Crippen molar-refractivity contribution in [1.29, 1.82) is 0 Å². The van der Waals surface area contributed by atoms with Crippen LogP contribution in [0.3, 0.4) is 0 Å². The summed E-state index contributed by atoms with van der Waals surface area (Å²) in [6.45, 7) is 1.54. The molecule has 0 radical (unpaired) electrons. The van der Waals surface area contributed by atoms with Crippen molar-refractivity contribution < 1.29 is 9.59 Å². The first-order valence-electron chi connectivity index (χ1n) is 9.24. The van der Waals surface area contributed by atoms with Crippen LogP contribution in [0.25, 0.3) is 16.7 Å². The number of nitrogens with zero attached hydrogens (tertiary/aromatic N) is 4. The number of hydrogen-bond donors (Lipinski definition) is 0. The van der Waals surface area contributed by atoms with E-state index in [1.165, 1.54) is 4.68 Å². The summed E-state index contributed by atoms with van der Waals surface area (Å²) in [5.41, 5.74) is 3.09. The summed E-state index contributed by atoms with van der Waals surface area (Å²) in [7, 11) is 0. The number of carbonyl (C=O) groups excluding carboxylic acids is 2. The van der Waals surface area contributed by atoms with Gasteiger partial charge in [-0.1, -0.05) is 41.6 Å². The summed E-state index contributed by atoms with van der Waals surface area (Å²) in [4.78, 5) is 28.9. The predicted molar refractivity (Wildman–Crippen MR) is 101 cm³/mol. The first-order chi connectivity index (χ1) is 13.3. The zero-order valence-electron chi connectivity index (χ0n) is 14.8. The van der Waals surface area contributed by atoms with Gasteiger partial charge >= 0.3 is 0 Å². The van der Waals surface area contributed by atoms with Gasteiger partial charge in [0.2, 0.25) is 11.6 Å². The molecular weight excluding hydrogens is 340 g/mol. The van der Waals surface area contributed by atoms with E-state index in [9.17, 15) is 9.59 Å². The Balaban J connectivity index is 1.79. The first kappa shape index (κ1) is 15.9. The SMILES string of the molecule is O=C1C(N2CCCCC2)=C(n2nnc3ccccc32)C(=O)c2ccccc21. The molecule has 2 heterocycles. The molecule has 1 saturated heterocycles. The highest BCUT2D eigenvalue weighted by molar-refractivity contribution is 6.37. The average Bonchev–Trinajstić information content (AvgIpc) is 3.15. The summed E-state index contributed by atoms with van der Waals surface area (Å²) in [6.07, 6.45) is 3.17. The fourth-order valence-corrected chi connectivity index (χ4v) is 3.99. The van der Waals surface area contributed by atoms with Gasteiger partial charge in [0.15, 0.2) is 0 Å². The largest absolute Gasteiger partial charge is 0.366 e. The number of carbonyl (C=O) groups is 2. The molecule has 1 aliphatic carbocycles. The normalized spacial score (nSPS) is 17.6. The van der Waals surface area contributed by atoms with Crippen molar-refractivity contribution in [3.63, 3.8) is 0 Å². The Morgan fingerprint density at radius 1 is 0.741 bits per heavy atom. The highest BCUT2D eigenvalue weighted by Gasteiger charge is 2.37. The third-order valence-electron chi connectivity index (χ3n) is 5.31. The van der Waals surface area contributed by atoms with Gasteiger partial charge in [-0.2, -0.15) is 0 Å². The molecule has 0 unspecified atom stereocenters. The second kappa shape index (κ2) is 6.16. The molecule has 2 aliphatic rings. The average molecular weight is 358 g/mol. The van der Waals surface area contributed by atoms with E-state index in [4.69, 9.17) is 0 Å². The van der Waals surface area contributed by atoms with Crippen LogP contribution in [0.4, 0.5) is 0 Å². The van der Waals surface area contributed by atoms with Crippen LogP contribution in [0.2, 0.25) is 0 Å². The van der Waals surface area contributed by atoms with Crippen LogP contribution in [0, 0.1) is 0 Å². The lowest BCUT2D eigenvalue weighted by atomic mass is 9.89. The highest BCUT2D eigenvalue weighted by atomic mass is 16.1. The Kier molecular flexibility index (Phi) is 3.63. The lowest BCUT2D eigenvalue weighted by Gasteiger charge is -2.33. The van der Waals surface area contributed by atoms with Crippen molar-refractivity contribution in [2.75, 3.05) is 13.1 Å². The Hall–Kier alpha value is -3.28. The number of allylic oxidation sites excluding steroid dienone is 2. The van der Waals surface area contributed by atoms with Gasteiger partial charge in [-0.25, -0.2) is 4.68 Å². The minimum Gasteiger partial charge on any atom is -0.366 e. The third kappa shape index (κ3) is 2.40. The van der Waals surface area contributed by atoms with E-state index < -0.39 is 0 Å². The van der Waals surface area contributed by atoms with E-state index >= 15 is 0 Å². The van der Waals surface area contributed by atoms with E-state index in [1.807, 2.05) is 29.2 Å². The molecular formula is C21H18N4O2. The monoisotopic (exact) mass is 358 g/mol. The van der Waals surface area contributed by atoms with E-state index in [2.05, 4.69) is 10.3 Å². The summed E-state index contributed by atoms with van der Waals surface area (Å²) in [5, 5.41) is 8.42. The number of hydrogen-bond acceptors (Lipinski definition) is 5. The van der Waals surface area contributed by atoms with Crippen molar-refractivity contribution in [3.8, 4) is 0 Å².